The average Bonchev–Trinajstić information content (AvgIpc) is 2.56. The van der Waals surface area contributed by atoms with Gasteiger partial charge in [0.05, 0.1) is 27.6 Å². The molecule has 25 heavy (non-hydrogen) atoms. The van der Waals surface area contributed by atoms with Crippen molar-refractivity contribution in [1.29, 1.82) is 0 Å². The number of nitrogens with zero attached hydrogens (tertiary/aromatic N) is 2. The lowest BCUT2D eigenvalue weighted by Crippen LogP contribution is -2.14. The van der Waals surface area contributed by atoms with E-state index in [1.807, 2.05) is 18.9 Å². The molecule has 2 rings (SSSR count). The summed E-state index contributed by atoms with van der Waals surface area (Å²) in [4.78, 5) is 6.12. The summed E-state index contributed by atoms with van der Waals surface area (Å²) in [5.74, 6) is 0.395. The average molecular weight is 387 g/mol. The molecule has 0 saturated heterocycles. The molecule has 0 radical (unpaired) electrons. The van der Waals surface area contributed by atoms with E-state index in [1.54, 1.807) is 31.5 Å². The molecule has 0 fully saturated rings. The van der Waals surface area contributed by atoms with Gasteiger partial charge in [-0.2, -0.15) is 0 Å². The van der Waals surface area contributed by atoms with E-state index in [9.17, 15) is 8.78 Å². The molecule has 0 heterocycles. The first-order valence-electron chi connectivity index (χ1n) is 7.61. The van der Waals surface area contributed by atoms with Gasteiger partial charge in [0.1, 0.15) is 11.5 Å². The van der Waals surface area contributed by atoms with E-state index in [1.165, 1.54) is 12.1 Å². The molecule has 2 aromatic rings. The topological polar surface area (TPSA) is 24.8 Å². The van der Waals surface area contributed by atoms with Crippen molar-refractivity contribution < 1.29 is 13.5 Å². The molecule has 0 atom stereocenters. The fourth-order valence-electron chi connectivity index (χ4n) is 1.99. The third-order valence-electron chi connectivity index (χ3n) is 3.58. The molecule has 0 N–H and O–H groups in total. The number of aryl methyl sites for hydroxylation is 1. The van der Waals surface area contributed by atoms with E-state index in [0.29, 0.717) is 21.5 Å². The lowest BCUT2D eigenvalue weighted by Gasteiger charge is -2.14. The van der Waals surface area contributed by atoms with Gasteiger partial charge in [-0.3, -0.25) is 0 Å². The van der Waals surface area contributed by atoms with Crippen molar-refractivity contribution in [3.8, 4) is 11.5 Å². The van der Waals surface area contributed by atoms with Gasteiger partial charge >= 0.3 is 0 Å². The van der Waals surface area contributed by atoms with Crippen LogP contribution < -0.4 is 4.74 Å². The zero-order valence-corrected chi connectivity index (χ0v) is 15.6. The van der Waals surface area contributed by atoms with Crippen LogP contribution >= 0.6 is 23.2 Å². The van der Waals surface area contributed by atoms with Crippen molar-refractivity contribution in [3.05, 3.63) is 51.5 Å². The lowest BCUT2D eigenvalue weighted by atomic mass is 10.1. The van der Waals surface area contributed by atoms with Gasteiger partial charge in [0.15, 0.2) is 0 Å². The van der Waals surface area contributed by atoms with Crippen molar-refractivity contribution in [2.24, 2.45) is 4.99 Å². The number of hydrogen-bond acceptors (Lipinski definition) is 2. The predicted molar refractivity (Wildman–Crippen MR) is 99.1 cm³/mol. The third-order valence-corrected chi connectivity index (χ3v) is 4.31. The summed E-state index contributed by atoms with van der Waals surface area (Å²) in [6.07, 6.45) is -1.09. The summed E-state index contributed by atoms with van der Waals surface area (Å²) in [5, 5.41) is 0.655. The molecular formula is C18H18Cl2F2N2O. The van der Waals surface area contributed by atoms with Gasteiger partial charge < -0.3 is 9.64 Å². The number of ether oxygens (including phenoxy) is 1. The highest BCUT2D eigenvalue weighted by Crippen LogP contribution is 2.38. The molecule has 0 saturated carbocycles. The summed E-state index contributed by atoms with van der Waals surface area (Å²) in [6, 6.07) is 7.49. The van der Waals surface area contributed by atoms with Crippen molar-refractivity contribution in [2.75, 3.05) is 13.6 Å². The maximum Gasteiger partial charge on any atom is 0.267 e. The Morgan fingerprint density at radius 2 is 1.92 bits per heavy atom. The molecule has 0 aliphatic rings. The molecular weight excluding hydrogens is 369 g/mol. The molecule has 0 bridgehead atoms. The van der Waals surface area contributed by atoms with Crippen LogP contribution in [0.15, 0.2) is 35.3 Å². The van der Waals surface area contributed by atoms with Gasteiger partial charge in [-0.25, -0.2) is 13.8 Å². The first-order chi connectivity index (χ1) is 11.8. The highest BCUT2D eigenvalue weighted by Gasteiger charge is 2.18. The van der Waals surface area contributed by atoms with Crippen molar-refractivity contribution in [1.82, 2.24) is 4.90 Å². The van der Waals surface area contributed by atoms with Gasteiger partial charge in [-0.05, 0) is 43.7 Å². The number of benzene rings is 2. The number of alkyl halides is 2. The van der Waals surface area contributed by atoms with Crippen LogP contribution in [0.5, 0.6) is 11.5 Å². The molecule has 0 unspecified atom stereocenters. The van der Waals surface area contributed by atoms with Crippen molar-refractivity contribution in [2.45, 2.75) is 20.3 Å². The number of hydrogen-bond donors (Lipinski definition) is 0. The molecule has 2 aromatic carbocycles. The largest absolute Gasteiger partial charge is 0.457 e. The van der Waals surface area contributed by atoms with Crippen LogP contribution in [0.2, 0.25) is 10.0 Å². The maximum atomic E-state index is 13.5. The molecule has 134 valence electrons. The zero-order valence-electron chi connectivity index (χ0n) is 14.1. The van der Waals surface area contributed by atoms with Crippen molar-refractivity contribution >= 4 is 35.2 Å². The first kappa shape index (κ1) is 19.5. The summed E-state index contributed by atoms with van der Waals surface area (Å²) in [6.45, 7) is 4.52. The fourth-order valence-corrected chi connectivity index (χ4v) is 2.28. The Balaban J connectivity index is 2.39. The highest BCUT2D eigenvalue weighted by atomic mass is 35.5. The van der Waals surface area contributed by atoms with Gasteiger partial charge in [-0.1, -0.05) is 23.2 Å². The standard InChI is InChI=1S/C18H18Cl2F2N2O/c1-4-24(3)10-23-16-9-13(18(21)22)17(7-11(16)2)25-12-5-6-14(19)15(20)8-12/h5-10,18H,4H2,1-3H3/b23-10+. The maximum absolute atomic E-state index is 13.5. The summed E-state index contributed by atoms with van der Waals surface area (Å²) in [7, 11) is 1.86. The normalized spacial score (nSPS) is 11.4. The van der Waals surface area contributed by atoms with Crippen LogP contribution in [0, 0.1) is 6.92 Å². The van der Waals surface area contributed by atoms with Crippen LogP contribution in [-0.4, -0.2) is 24.8 Å². The second-order valence-electron chi connectivity index (χ2n) is 5.47. The van der Waals surface area contributed by atoms with Crippen LogP contribution in [0.1, 0.15) is 24.5 Å². The minimum Gasteiger partial charge on any atom is -0.457 e. The lowest BCUT2D eigenvalue weighted by molar-refractivity contribution is 0.148. The smallest absolute Gasteiger partial charge is 0.267 e. The Kier molecular flexibility index (Phi) is 6.62. The van der Waals surface area contributed by atoms with Crippen molar-refractivity contribution in [3.63, 3.8) is 0 Å². The van der Waals surface area contributed by atoms with E-state index in [0.717, 1.165) is 12.1 Å². The van der Waals surface area contributed by atoms with E-state index in [-0.39, 0.29) is 11.3 Å². The van der Waals surface area contributed by atoms with E-state index in [2.05, 4.69) is 4.99 Å². The molecule has 7 heteroatoms. The number of rotatable bonds is 6. The Labute approximate surface area is 155 Å². The van der Waals surface area contributed by atoms with E-state index < -0.39 is 6.43 Å². The molecule has 0 aliphatic carbocycles. The molecule has 0 aliphatic heterocycles. The molecule has 0 amide bonds. The monoisotopic (exact) mass is 386 g/mol. The van der Waals surface area contributed by atoms with Crippen LogP contribution in [0.3, 0.4) is 0 Å². The summed E-state index contributed by atoms with van der Waals surface area (Å²) < 4.78 is 32.5. The van der Waals surface area contributed by atoms with Crippen LogP contribution in [0.4, 0.5) is 14.5 Å². The number of aliphatic imine (C=N–C) groups is 1. The quantitative estimate of drug-likeness (QED) is 0.410. The molecule has 0 aromatic heterocycles. The fraction of sp³-hybridized carbons (Fsp3) is 0.278. The summed E-state index contributed by atoms with van der Waals surface area (Å²) in [5.41, 5.74) is 0.959. The zero-order chi connectivity index (χ0) is 18.6. The Morgan fingerprint density at radius 1 is 1.20 bits per heavy atom. The summed E-state index contributed by atoms with van der Waals surface area (Å²) >= 11 is 11.8. The Bertz CT molecular complexity index is 782. The second-order valence-corrected chi connectivity index (χ2v) is 6.29. The minimum atomic E-state index is -2.70. The highest BCUT2D eigenvalue weighted by molar-refractivity contribution is 6.42. The van der Waals surface area contributed by atoms with E-state index >= 15 is 0 Å². The Hall–Kier alpha value is -1.85. The third kappa shape index (κ3) is 5.06. The van der Waals surface area contributed by atoms with Crippen LogP contribution in [-0.2, 0) is 0 Å². The first-order valence-corrected chi connectivity index (χ1v) is 8.37. The van der Waals surface area contributed by atoms with Crippen LogP contribution in [0.25, 0.3) is 0 Å². The van der Waals surface area contributed by atoms with Gasteiger partial charge in [0, 0.05) is 19.7 Å². The Morgan fingerprint density at radius 3 is 2.52 bits per heavy atom. The molecule has 3 nitrogen and oxygen atoms in total. The SMILES string of the molecule is CCN(C)/C=N/c1cc(C(F)F)c(Oc2ccc(Cl)c(Cl)c2)cc1C. The minimum absolute atomic E-state index is 0.0636. The molecule has 0 spiro atoms. The van der Waals surface area contributed by atoms with E-state index in [4.69, 9.17) is 27.9 Å². The van der Waals surface area contributed by atoms with Gasteiger partial charge in [0.25, 0.3) is 6.43 Å². The number of halogens is 4. The second kappa shape index (κ2) is 8.50. The van der Waals surface area contributed by atoms with Gasteiger partial charge in [0.2, 0.25) is 0 Å². The van der Waals surface area contributed by atoms with Gasteiger partial charge in [-0.15, -0.1) is 0 Å². The predicted octanol–water partition coefficient (Wildman–Crippen LogP) is 6.64.